The van der Waals surface area contributed by atoms with Crippen molar-refractivity contribution in [3.63, 3.8) is 0 Å². The van der Waals surface area contributed by atoms with E-state index in [1.54, 1.807) is 4.90 Å². The first kappa shape index (κ1) is 19.9. The van der Waals surface area contributed by atoms with Crippen LogP contribution in [0.3, 0.4) is 0 Å². The number of ether oxygens (including phenoxy) is 1. The van der Waals surface area contributed by atoms with E-state index in [1.807, 2.05) is 6.92 Å². The standard InChI is InChI=1S/C19H36N4O2/c1-4-20-18(21-14-16-8-6-15(3)7-9-16)22-17-10-12-23(13-11-17)19(24)25-5-2/h15-17H,4-14H2,1-3H3,(H2,20,21,22). The van der Waals surface area contributed by atoms with Crippen LogP contribution in [0.15, 0.2) is 4.99 Å². The lowest BCUT2D eigenvalue weighted by atomic mass is 9.83. The maximum atomic E-state index is 11.8. The second-order valence-corrected chi connectivity index (χ2v) is 7.45. The monoisotopic (exact) mass is 352 g/mol. The van der Waals surface area contributed by atoms with Crippen LogP contribution >= 0.6 is 0 Å². The molecule has 6 heteroatoms. The number of nitrogens with one attached hydrogen (secondary N) is 2. The van der Waals surface area contributed by atoms with Crippen LogP contribution in [0.5, 0.6) is 0 Å². The van der Waals surface area contributed by atoms with E-state index in [9.17, 15) is 4.79 Å². The van der Waals surface area contributed by atoms with Crippen molar-refractivity contribution in [2.24, 2.45) is 16.8 Å². The van der Waals surface area contributed by atoms with Gasteiger partial charge in [-0.25, -0.2) is 4.79 Å². The highest BCUT2D eigenvalue weighted by atomic mass is 16.6. The van der Waals surface area contributed by atoms with Crippen LogP contribution < -0.4 is 10.6 Å². The van der Waals surface area contributed by atoms with Gasteiger partial charge in [-0.1, -0.05) is 19.8 Å². The average molecular weight is 353 g/mol. The summed E-state index contributed by atoms with van der Waals surface area (Å²) in [6.07, 6.45) is 6.98. The molecular weight excluding hydrogens is 316 g/mol. The predicted octanol–water partition coefficient (Wildman–Crippen LogP) is 2.99. The number of piperidine rings is 1. The van der Waals surface area contributed by atoms with Crippen molar-refractivity contribution in [3.05, 3.63) is 0 Å². The fourth-order valence-electron chi connectivity index (χ4n) is 3.67. The Morgan fingerprint density at radius 1 is 1.12 bits per heavy atom. The molecule has 0 aromatic carbocycles. The molecule has 1 saturated heterocycles. The first-order valence-corrected chi connectivity index (χ1v) is 10.1. The first-order valence-electron chi connectivity index (χ1n) is 10.1. The molecule has 6 nitrogen and oxygen atoms in total. The quantitative estimate of drug-likeness (QED) is 0.590. The van der Waals surface area contributed by atoms with E-state index >= 15 is 0 Å². The van der Waals surface area contributed by atoms with Crippen molar-refractivity contribution < 1.29 is 9.53 Å². The normalized spacial score (nSPS) is 25.6. The Morgan fingerprint density at radius 2 is 1.80 bits per heavy atom. The number of aliphatic imine (C=N–C) groups is 1. The zero-order valence-corrected chi connectivity index (χ0v) is 16.2. The largest absolute Gasteiger partial charge is 0.450 e. The van der Waals surface area contributed by atoms with Gasteiger partial charge in [-0.15, -0.1) is 0 Å². The van der Waals surface area contributed by atoms with E-state index in [0.29, 0.717) is 12.6 Å². The Bertz CT molecular complexity index is 425. The Hall–Kier alpha value is -1.46. The highest BCUT2D eigenvalue weighted by molar-refractivity contribution is 5.80. The molecule has 2 aliphatic rings. The Kier molecular flexibility index (Phi) is 8.35. The smallest absolute Gasteiger partial charge is 0.409 e. The number of carbonyl (C=O) groups excluding carboxylic acids is 1. The molecule has 144 valence electrons. The summed E-state index contributed by atoms with van der Waals surface area (Å²) in [6, 6.07) is 0.370. The fourth-order valence-corrected chi connectivity index (χ4v) is 3.67. The van der Waals surface area contributed by atoms with Gasteiger partial charge in [0.2, 0.25) is 0 Å². The molecule has 0 aromatic rings. The predicted molar refractivity (Wildman–Crippen MR) is 102 cm³/mol. The van der Waals surface area contributed by atoms with E-state index < -0.39 is 0 Å². The number of hydrogen-bond acceptors (Lipinski definition) is 3. The lowest BCUT2D eigenvalue weighted by Gasteiger charge is -2.32. The summed E-state index contributed by atoms with van der Waals surface area (Å²) in [4.78, 5) is 18.4. The van der Waals surface area contributed by atoms with Gasteiger partial charge < -0.3 is 20.3 Å². The van der Waals surface area contributed by atoms with Gasteiger partial charge >= 0.3 is 6.09 Å². The number of rotatable bonds is 5. The average Bonchev–Trinajstić information content (AvgIpc) is 2.62. The number of guanidine groups is 1. The molecule has 25 heavy (non-hydrogen) atoms. The van der Waals surface area contributed by atoms with Crippen molar-refractivity contribution in [3.8, 4) is 0 Å². The Morgan fingerprint density at radius 3 is 2.40 bits per heavy atom. The minimum atomic E-state index is -0.187. The summed E-state index contributed by atoms with van der Waals surface area (Å²) >= 11 is 0. The minimum absolute atomic E-state index is 0.187. The van der Waals surface area contributed by atoms with E-state index in [1.165, 1.54) is 25.7 Å². The van der Waals surface area contributed by atoms with Crippen LogP contribution in [0.1, 0.15) is 59.3 Å². The van der Waals surface area contributed by atoms with Gasteiger partial charge in [0.15, 0.2) is 5.96 Å². The molecule has 1 heterocycles. The van der Waals surface area contributed by atoms with Crippen LogP contribution in [0.2, 0.25) is 0 Å². The van der Waals surface area contributed by atoms with Crippen LogP contribution in [0.4, 0.5) is 4.79 Å². The summed E-state index contributed by atoms with van der Waals surface area (Å²) in [5.74, 6) is 2.55. The van der Waals surface area contributed by atoms with Crippen molar-refractivity contribution in [1.82, 2.24) is 15.5 Å². The van der Waals surface area contributed by atoms with Crippen molar-refractivity contribution in [2.75, 3.05) is 32.8 Å². The lowest BCUT2D eigenvalue weighted by molar-refractivity contribution is 0.0963. The molecule has 2 fully saturated rings. The van der Waals surface area contributed by atoms with E-state index in [2.05, 4.69) is 24.5 Å². The Labute approximate surface area is 152 Å². The van der Waals surface area contributed by atoms with Gasteiger partial charge in [0.25, 0.3) is 0 Å². The second kappa shape index (κ2) is 10.5. The maximum Gasteiger partial charge on any atom is 0.409 e. The maximum absolute atomic E-state index is 11.8. The molecule has 1 amide bonds. The molecule has 2 N–H and O–H groups in total. The van der Waals surface area contributed by atoms with E-state index in [4.69, 9.17) is 9.73 Å². The summed E-state index contributed by atoms with van der Waals surface area (Å²) in [5.41, 5.74) is 0. The van der Waals surface area contributed by atoms with Crippen LogP contribution in [-0.2, 0) is 4.74 Å². The van der Waals surface area contributed by atoms with Gasteiger partial charge in [0.1, 0.15) is 0 Å². The van der Waals surface area contributed by atoms with Gasteiger partial charge in [-0.3, -0.25) is 4.99 Å². The SMILES string of the molecule is CCNC(=NCC1CCC(C)CC1)NC1CCN(C(=O)OCC)CC1. The molecule has 0 atom stereocenters. The van der Waals surface area contributed by atoms with Crippen LogP contribution in [-0.4, -0.2) is 55.8 Å². The molecule has 0 radical (unpaired) electrons. The molecule has 2 rings (SSSR count). The van der Waals surface area contributed by atoms with Gasteiger partial charge in [0, 0.05) is 32.2 Å². The van der Waals surface area contributed by atoms with Gasteiger partial charge in [-0.2, -0.15) is 0 Å². The van der Waals surface area contributed by atoms with Crippen LogP contribution in [0, 0.1) is 11.8 Å². The number of likely N-dealkylation sites (tertiary alicyclic amines) is 1. The highest BCUT2D eigenvalue weighted by Crippen LogP contribution is 2.28. The molecule has 0 aromatic heterocycles. The minimum Gasteiger partial charge on any atom is -0.450 e. The number of carbonyl (C=O) groups is 1. The van der Waals surface area contributed by atoms with E-state index in [-0.39, 0.29) is 6.09 Å². The number of hydrogen-bond donors (Lipinski definition) is 2. The number of amides is 1. The summed E-state index contributed by atoms with van der Waals surface area (Å²) in [6.45, 7) is 10.0. The molecule has 0 unspecified atom stereocenters. The molecule has 1 saturated carbocycles. The summed E-state index contributed by atoms with van der Waals surface area (Å²) in [5, 5.41) is 6.92. The molecule has 0 bridgehead atoms. The molecule has 1 aliphatic carbocycles. The fraction of sp³-hybridized carbons (Fsp3) is 0.895. The third-order valence-electron chi connectivity index (χ3n) is 5.35. The van der Waals surface area contributed by atoms with Gasteiger partial charge in [0.05, 0.1) is 6.61 Å². The third-order valence-corrected chi connectivity index (χ3v) is 5.35. The topological polar surface area (TPSA) is 66.0 Å². The molecular formula is C19H36N4O2. The first-order chi connectivity index (χ1) is 12.1. The van der Waals surface area contributed by atoms with Crippen LogP contribution in [0.25, 0.3) is 0 Å². The zero-order valence-electron chi connectivity index (χ0n) is 16.2. The molecule has 1 aliphatic heterocycles. The lowest BCUT2D eigenvalue weighted by Crippen LogP contribution is -2.50. The highest BCUT2D eigenvalue weighted by Gasteiger charge is 2.24. The summed E-state index contributed by atoms with van der Waals surface area (Å²) < 4.78 is 5.08. The number of nitrogens with zero attached hydrogens (tertiary/aromatic N) is 2. The van der Waals surface area contributed by atoms with Crippen molar-refractivity contribution >= 4 is 12.1 Å². The van der Waals surface area contributed by atoms with E-state index in [0.717, 1.165) is 56.8 Å². The van der Waals surface area contributed by atoms with Gasteiger partial charge in [-0.05, 0) is 51.4 Å². The third kappa shape index (κ3) is 6.75. The van der Waals surface area contributed by atoms with Crippen molar-refractivity contribution in [1.29, 1.82) is 0 Å². The second-order valence-electron chi connectivity index (χ2n) is 7.45. The summed E-state index contributed by atoms with van der Waals surface area (Å²) in [7, 11) is 0. The Balaban J connectivity index is 1.77. The van der Waals surface area contributed by atoms with Crippen molar-refractivity contribution in [2.45, 2.75) is 65.3 Å². The molecule has 0 spiro atoms. The zero-order chi connectivity index (χ0) is 18.1.